The summed E-state index contributed by atoms with van der Waals surface area (Å²) in [6, 6.07) is 13.3. The van der Waals surface area contributed by atoms with E-state index < -0.39 is 20.0 Å². The first kappa shape index (κ1) is 23.2. The van der Waals surface area contributed by atoms with E-state index in [-0.39, 0.29) is 45.3 Å². The molecule has 2 aromatic rings. The number of hydrazone groups is 2. The van der Waals surface area contributed by atoms with E-state index in [4.69, 9.17) is 0 Å². The zero-order valence-corrected chi connectivity index (χ0v) is 21.4. The van der Waals surface area contributed by atoms with Gasteiger partial charge in [0.25, 0.3) is 20.0 Å². The quantitative estimate of drug-likeness (QED) is 0.448. The summed E-state index contributed by atoms with van der Waals surface area (Å²) >= 11 is 0. The molecule has 2 aromatic carbocycles. The molecule has 6 rings (SSSR count). The molecular formula is C26H26N4O4S2. The number of hydrogen-bond acceptors (Lipinski definition) is 6. The summed E-state index contributed by atoms with van der Waals surface area (Å²) in [6.45, 7) is 3.80. The molecule has 4 atom stereocenters. The van der Waals surface area contributed by atoms with Gasteiger partial charge < -0.3 is 0 Å². The molecule has 0 bridgehead atoms. The minimum absolute atomic E-state index is 0.0143. The normalized spacial score (nSPS) is 31.9. The molecule has 4 aliphatic carbocycles. The summed E-state index contributed by atoms with van der Waals surface area (Å²) in [5, 5.41) is 8.83. The smallest absolute Gasteiger partial charge is 0.200 e. The maximum atomic E-state index is 12.8. The van der Waals surface area contributed by atoms with Crippen molar-refractivity contribution in [1.82, 2.24) is 9.66 Å². The third-order valence-electron chi connectivity index (χ3n) is 7.77. The molecule has 36 heavy (non-hydrogen) atoms. The lowest BCUT2D eigenvalue weighted by atomic mass is 9.88. The van der Waals surface area contributed by atoms with E-state index in [9.17, 15) is 16.8 Å². The summed E-state index contributed by atoms with van der Waals surface area (Å²) in [7, 11) is -7.55. The van der Waals surface area contributed by atoms with Gasteiger partial charge in [-0.1, -0.05) is 59.7 Å². The van der Waals surface area contributed by atoms with Crippen LogP contribution in [0.1, 0.15) is 11.1 Å². The van der Waals surface area contributed by atoms with Crippen LogP contribution in [0.5, 0.6) is 0 Å². The van der Waals surface area contributed by atoms with Gasteiger partial charge in [-0.3, -0.25) is 0 Å². The van der Waals surface area contributed by atoms with Crippen LogP contribution in [0.15, 0.2) is 92.8 Å². The van der Waals surface area contributed by atoms with Crippen molar-refractivity contribution < 1.29 is 16.8 Å². The molecule has 0 aromatic heterocycles. The van der Waals surface area contributed by atoms with Crippen molar-refractivity contribution in [3.8, 4) is 0 Å². The van der Waals surface area contributed by atoms with Gasteiger partial charge in [-0.25, -0.2) is 9.66 Å². The van der Waals surface area contributed by atoms with Gasteiger partial charge in [-0.2, -0.15) is 27.0 Å². The second-order valence-electron chi connectivity index (χ2n) is 9.92. The molecule has 0 unspecified atom stereocenters. The van der Waals surface area contributed by atoms with E-state index in [1.165, 1.54) is 0 Å². The first-order valence-corrected chi connectivity index (χ1v) is 14.8. The molecule has 0 saturated heterocycles. The fraction of sp³-hybridized carbons (Fsp3) is 0.308. The summed E-state index contributed by atoms with van der Waals surface area (Å²) < 4.78 is 51.1. The largest absolute Gasteiger partial charge is 0.276 e. The number of sulfonamides is 2. The molecule has 8 nitrogen and oxygen atoms in total. The van der Waals surface area contributed by atoms with Crippen molar-refractivity contribution in [3.63, 3.8) is 0 Å². The Hall–Kier alpha value is -3.24. The Labute approximate surface area is 211 Å². The first-order chi connectivity index (χ1) is 17.2. The molecule has 10 heteroatoms. The van der Waals surface area contributed by atoms with Crippen molar-refractivity contribution >= 4 is 31.5 Å². The SMILES string of the molecule is Cc1ccc(S(=O)(=O)NN=C2[C@H]3C=C[C@@H]4C(=NNS(=O)(=O)c5ccc(C)cc5)[C@@H]5C=C[C@@H]2C5C34)cc1. The number of allylic oxidation sites excluding steroid dienone is 4. The molecular weight excluding hydrogens is 496 g/mol. The van der Waals surface area contributed by atoms with Crippen LogP contribution >= 0.6 is 0 Å². The third kappa shape index (κ3) is 3.62. The number of nitrogens with one attached hydrogen (secondary N) is 2. The average Bonchev–Trinajstić information content (AvgIpc) is 3.57. The second kappa shape index (κ2) is 8.14. The summed E-state index contributed by atoms with van der Waals surface area (Å²) in [6.07, 6.45) is 8.23. The van der Waals surface area contributed by atoms with Crippen LogP contribution in [0, 0.1) is 49.4 Å². The van der Waals surface area contributed by atoms with Gasteiger partial charge in [0.05, 0.1) is 21.2 Å². The minimum Gasteiger partial charge on any atom is -0.200 e. The van der Waals surface area contributed by atoms with Crippen LogP contribution in [0.4, 0.5) is 0 Å². The highest BCUT2D eigenvalue weighted by Crippen LogP contribution is 2.60. The van der Waals surface area contributed by atoms with Gasteiger partial charge >= 0.3 is 0 Å². The van der Waals surface area contributed by atoms with E-state index in [1.54, 1.807) is 48.5 Å². The van der Waals surface area contributed by atoms with Gasteiger partial charge in [0.1, 0.15) is 0 Å². The average molecular weight is 523 g/mol. The van der Waals surface area contributed by atoms with Crippen molar-refractivity contribution in [2.75, 3.05) is 0 Å². The monoisotopic (exact) mass is 522 g/mol. The lowest BCUT2D eigenvalue weighted by Gasteiger charge is -2.14. The standard InChI is InChI=1S/C26H26N4O4S2/c1-15-3-7-17(8-4-15)35(31,32)29-27-25-19-11-13-21-23(19)24-20(25)12-14-22(24)26(21)28-30-36(33,34)18-9-5-16(2)6-10-18/h3-14,19-24,29-30H,1-2H3/t19-,20+,21-,22+,23?,24?. The first-order valence-electron chi connectivity index (χ1n) is 11.8. The highest BCUT2D eigenvalue weighted by Gasteiger charge is 2.62. The van der Waals surface area contributed by atoms with Gasteiger partial charge in [0, 0.05) is 23.7 Å². The molecule has 2 saturated carbocycles. The fourth-order valence-electron chi connectivity index (χ4n) is 6.09. The highest BCUT2D eigenvalue weighted by atomic mass is 32.2. The zero-order chi connectivity index (χ0) is 25.2. The molecule has 4 aliphatic rings. The summed E-state index contributed by atoms with van der Waals surface area (Å²) in [5.41, 5.74) is 3.56. The minimum atomic E-state index is -3.78. The molecule has 0 radical (unpaired) electrons. The summed E-state index contributed by atoms with van der Waals surface area (Å²) in [5.74, 6) is 0.304. The third-order valence-corrected chi connectivity index (χ3v) is 10.2. The Morgan fingerprint density at radius 2 is 0.861 bits per heavy atom. The van der Waals surface area contributed by atoms with Crippen LogP contribution < -0.4 is 9.66 Å². The van der Waals surface area contributed by atoms with Crippen molar-refractivity contribution in [3.05, 3.63) is 84.0 Å². The van der Waals surface area contributed by atoms with E-state index >= 15 is 0 Å². The Bertz CT molecular complexity index is 1400. The number of benzene rings is 2. The van der Waals surface area contributed by atoms with Gasteiger partial charge in [-0.05, 0) is 49.9 Å². The molecule has 186 valence electrons. The lowest BCUT2D eigenvalue weighted by Crippen LogP contribution is -2.26. The molecule has 0 aliphatic heterocycles. The maximum Gasteiger partial charge on any atom is 0.276 e. The number of hydrogen-bond donors (Lipinski definition) is 2. The molecule has 2 N–H and O–H groups in total. The number of aryl methyl sites for hydroxylation is 2. The van der Waals surface area contributed by atoms with Crippen LogP contribution in [0.2, 0.25) is 0 Å². The van der Waals surface area contributed by atoms with Gasteiger partial charge in [0.15, 0.2) is 0 Å². The lowest BCUT2D eigenvalue weighted by molar-refractivity contribution is 0.343. The Morgan fingerprint density at radius 3 is 1.17 bits per heavy atom. The summed E-state index contributed by atoms with van der Waals surface area (Å²) in [4.78, 5) is 5.22. The van der Waals surface area contributed by atoms with Crippen molar-refractivity contribution in [2.24, 2.45) is 45.7 Å². The topological polar surface area (TPSA) is 117 Å². The highest BCUT2D eigenvalue weighted by molar-refractivity contribution is 7.89. The van der Waals surface area contributed by atoms with Crippen molar-refractivity contribution in [2.45, 2.75) is 23.6 Å². The van der Waals surface area contributed by atoms with Gasteiger partial charge in [0.2, 0.25) is 0 Å². The second-order valence-corrected chi connectivity index (χ2v) is 13.2. The molecule has 2 fully saturated rings. The Kier molecular flexibility index (Phi) is 5.24. The van der Waals surface area contributed by atoms with E-state index in [0.717, 1.165) is 22.6 Å². The molecule has 0 heterocycles. The van der Waals surface area contributed by atoms with Crippen molar-refractivity contribution in [1.29, 1.82) is 0 Å². The van der Waals surface area contributed by atoms with E-state index in [1.807, 2.05) is 13.8 Å². The number of nitrogens with zero attached hydrogens (tertiary/aromatic N) is 2. The fourth-order valence-corrected chi connectivity index (χ4v) is 7.74. The van der Waals surface area contributed by atoms with Crippen LogP contribution in [-0.4, -0.2) is 28.3 Å². The van der Waals surface area contributed by atoms with Gasteiger partial charge in [-0.15, -0.1) is 0 Å². The van der Waals surface area contributed by atoms with Crippen LogP contribution in [0.3, 0.4) is 0 Å². The van der Waals surface area contributed by atoms with E-state index in [2.05, 4.69) is 44.2 Å². The Balaban J connectivity index is 1.24. The molecule has 0 amide bonds. The Morgan fingerprint density at radius 1 is 0.556 bits per heavy atom. The zero-order valence-electron chi connectivity index (χ0n) is 19.7. The molecule has 0 spiro atoms. The number of rotatable bonds is 6. The van der Waals surface area contributed by atoms with E-state index in [0.29, 0.717) is 0 Å². The van der Waals surface area contributed by atoms with Crippen LogP contribution in [-0.2, 0) is 20.0 Å². The maximum absolute atomic E-state index is 12.8. The predicted octanol–water partition coefficient (Wildman–Crippen LogP) is 3.14. The van der Waals surface area contributed by atoms with Crippen LogP contribution in [0.25, 0.3) is 0 Å². The predicted molar refractivity (Wildman–Crippen MR) is 137 cm³/mol.